The maximum absolute atomic E-state index is 9.85. The lowest BCUT2D eigenvalue weighted by Gasteiger charge is -2.12. The van der Waals surface area contributed by atoms with Crippen molar-refractivity contribution in [1.82, 2.24) is 0 Å². The molecule has 15 heteroatoms. The van der Waals surface area contributed by atoms with Crippen LogP contribution in [0.2, 0.25) is 0 Å². The standard InChI is InChI=1S/C11H14INO2.2C11H14INO.C10H13IN2O2/c1-7(13)2-3-11(15)8-4-9(12)6-10(14)5-8;1-8(13)5-6-11(14)9-3-2-4-10(12)7-9;1-8(13)6-7-11(14)9-4-2-3-5-10(9)12;11-8-2-1-6(14)5-7(8)9(15)3-4-10(12)13/h4-6,11,13-15H,2-3H2,1H3;2-4,7,11,13-14H,5-6H2,1H3;2-5,11,13-14H,6-7H2,1H3;1-2,5,9,14-15H,3-4H2,(H3,12,13)/t3*11-;9-/m0000/s1/i3*12+4;11+4. The smallest absolute Gasteiger partial charge is 0.117 e. The van der Waals surface area contributed by atoms with E-state index >= 15 is 0 Å². The van der Waals surface area contributed by atoms with E-state index in [2.05, 4.69) is 90.4 Å². The zero-order valence-electron chi connectivity index (χ0n) is 32.8. The largest absolute Gasteiger partial charge is 0.508 e. The number of phenolic OH excluding ortho intramolecular Hbond substituents is 2. The SMILES string of the molecule is CC(=N)CC[C@H](O)c1cc(O)cc([131I])c1.CC(=N)CC[C@H](O)c1cccc([131I])c1.CC(=N)CC[C@H](O)c1ccccc1[131I].N=C(N)CC[C@H](O)c1cc(O)ccc1[131I]. The monoisotopic (exact) mass is 1260 g/mol. The quantitative estimate of drug-likeness (QED) is 0.0294. The van der Waals surface area contributed by atoms with Gasteiger partial charge in [0, 0.05) is 37.8 Å². The Morgan fingerprint density at radius 3 is 1.50 bits per heavy atom. The van der Waals surface area contributed by atoms with Crippen LogP contribution in [0, 0.1) is 35.9 Å². The van der Waals surface area contributed by atoms with Crippen LogP contribution < -0.4 is 5.73 Å². The van der Waals surface area contributed by atoms with E-state index in [-0.39, 0.29) is 17.3 Å². The molecule has 0 aromatic heterocycles. The van der Waals surface area contributed by atoms with Crippen LogP contribution in [0.5, 0.6) is 11.5 Å². The average Bonchev–Trinajstić information content (AvgIpc) is 3.15. The molecule has 0 amide bonds. The summed E-state index contributed by atoms with van der Waals surface area (Å²) in [5, 5.41) is 86.8. The fraction of sp³-hybridized carbons (Fsp3) is 0.349. The molecule has 316 valence electrons. The molecular formula is C43H55I4N5O6. The van der Waals surface area contributed by atoms with E-state index in [1.165, 1.54) is 6.07 Å². The molecule has 0 saturated heterocycles. The molecule has 0 aliphatic carbocycles. The number of hydrogen-bond donors (Lipinski definition) is 11. The molecule has 4 aromatic carbocycles. The van der Waals surface area contributed by atoms with Gasteiger partial charge in [-0.3, -0.25) is 5.41 Å². The third-order valence-corrected chi connectivity index (χ3v) is 11.4. The summed E-state index contributed by atoms with van der Waals surface area (Å²) in [5.74, 6) is 0.360. The van der Waals surface area contributed by atoms with Gasteiger partial charge in [-0.2, -0.15) is 0 Å². The van der Waals surface area contributed by atoms with Gasteiger partial charge in [-0.1, -0.05) is 30.3 Å². The molecule has 12 N–H and O–H groups in total. The number of aliphatic hydroxyl groups excluding tert-OH is 4. The van der Waals surface area contributed by atoms with Gasteiger partial charge in [0.25, 0.3) is 0 Å². The Morgan fingerprint density at radius 1 is 0.500 bits per heavy atom. The first-order valence-corrected chi connectivity index (χ1v) is 22.7. The molecule has 0 bridgehead atoms. The second-order valence-electron chi connectivity index (χ2n) is 13.6. The number of amidine groups is 1. The van der Waals surface area contributed by atoms with E-state index < -0.39 is 24.4 Å². The van der Waals surface area contributed by atoms with Crippen LogP contribution in [-0.2, 0) is 0 Å². The van der Waals surface area contributed by atoms with Crippen molar-refractivity contribution < 1.29 is 30.6 Å². The Bertz CT molecular complexity index is 1910. The predicted molar refractivity (Wildman–Crippen MR) is 269 cm³/mol. The van der Waals surface area contributed by atoms with Crippen LogP contribution in [0.3, 0.4) is 0 Å². The summed E-state index contributed by atoms with van der Waals surface area (Å²) in [6.07, 6.45) is 2.26. The van der Waals surface area contributed by atoms with Crippen molar-refractivity contribution in [1.29, 1.82) is 21.6 Å². The normalized spacial score (nSPS) is 12.5. The maximum Gasteiger partial charge on any atom is 0.117 e. The Kier molecular flexibility index (Phi) is 26.9. The summed E-state index contributed by atoms with van der Waals surface area (Å²) in [7, 11) is 0. The number of hydrogen-bond acceptors (Lipinski definition) is 10. The van der Waals surface area contributed by atoms with Crippen molar-refractivity contribution in [3.05, 3.63) is 121 Å². The fourth-order valence-electron chi connectivity index (χ4n) is 5.03. The summed E-state index contributed by atoms with van der Waals surface area (Å²) in [6, 6.07) is 25.5. The second-order valence-corrected chi connectivity index (χ2v) is 18.4. The molecule has 0 heterocycles. The summed E-state index contributed by atoms with van der Waals surface area (Å²) in [6.45, 7) is 5.25. The zero-order valence-corrected chi connectivity index (χ0v) is 41.5. The Balaban J connectivity index is 0.000000387. The van der Waals surface area contributed by atoms with Crippen molar-refractivity contribution >= 4 is 113 Å². The molecule has 4 aromatic rings. The number of aliphatic hydroxyl groups is 4. The molecule has 4 atom stereocenters. The topological polar surface area (TPSA) is 243 Å². The number of nitrogens with one attached hydrogen (secondary N) is 4. The third kappa shape index (κ3) is 23.5. The number of halogens is 4. The van der Waals surface area contributed by atoms with Crippen molar-refractivity contribution in [2.45, 2.75) is 96.6 Å². The number of benzene rings is 4. The van der Waals surface area contributed by atoms with Crippen molar-refractivity contribution in [2.75, 3.05) is 0 Å². The minimum absolute atomic E-state index is 0.0595. The minimum Gasteiger partial charge on any atom is -0.508 e. The number of rotatable bonds is 16. The van der Waals surface area contributed by atoms with Gasteiger partial charge in [0.15, 0.2) is 0 Å². The summed E-state index contributed by atoms with van der Waals surface area (Å²) >= 11 is 8.63. The molecule has 0 aliphatic heterocycles. The lowest BCUT2D eigenvalue weighted by atomic mass is 10.0. The van der Waals surface area contributed by atoms with E-state index in [9.17, 15) is 30.6 Å². The number of phenols is 2. The third-order valence-electron chi connectivity index (χ3n) is 8.19. The van der Waals surface area contributed by atoms with E-state index in [0.717, 1.165) is 25.4 Å². The van der Waals surface area contributed by atoms with E-state index in [1.807, 2.05) is 54.6 Å². The maximum atomic E-state index is 9.85. The van der Waals surface area contributed by atoms with Gasteiger partial charge >= 0.3 is 0 Å². The molecule has 11 nitrogen and oxygen atoms in total. The Morgan fingerprint density at radius 2 is 0.983 bits per heavy atom. The molecule has 0 saturated carbocycles. The summed E-state index contributed by atoms with van der Waals surface area (Å²) < 4.78 is 4.00. The molecule has 0 aliphatic rings. The lowest BCUT2D eigenvalue weighted by Crippen LogP contribution is -2.11. The predicted octanol–water partition coefficient (Wildman–Crippen LogP) is 10.9. The highest BCUT2D eigenvalue weighted by Crippen LogP contribution is 2.28. The van der Waals surface area contributed by atoms with E-state index in [4.69, 9.17) is 27.4 Å². The first kappa shape index (κ1) is 53.7. The van der Waals surface area contributed by atoms with Gasteiger partial charge in [0.1, 0.15) is 11.5 Å². The first-order valence-electron chi connectivity index (χ1n) is 18.3. The van der Waals surface area contributed by atoms with Gasteiger partial charge in [-0.05, 0) is 233 Å². The van der Waals surface area contributed by atoms with E-state index in [0.29, 0.717) is 79.6 Å². The van der Waals surface area contributed by atoms with Gasteiger partial charge in [-0.15, -0.1) is 0 Å². The molecule has 58 heavy (non-hydrogen) atoms. The van der Waals surface area contributed by atoms with Crippen LogP contribution in [0.15, 0.2) is 84.9 Å². The van der Waals surface area contributed by atoms with Crippen LogP contribution in [0.4, 0.5) is 0 Å². The highest BCUT2D eigenvalue weighted by atomic mass is 131. The number of aromatic hydroxyl groups is 2. The molecule has 0 unspecified atom stereocenters. The summed E-state index contributed by atoms with van der Waals surface area (Å²) in [5.41, 5.74) is 10.3. The van der Waals surface area contributed by atoms with E-state index in [1.54, 1.807) is 45.0 Å². The van der Waals surface area contributed by atoms with Gasteiger partial charge in [0.05, 0.1) is 30.3 Å². The van der Waals surface area contributed by atoms with Crippen molar-refractivity contribution in [2.24, 2.45) is 5.73 Å². The highest BCUT2D eigenvalue weighted by Gasteiger charge is 2.13. The van der Waals surface area contributed by atoms with Gasteiger partial charge in [-0.25, -0.2) is 0 Å². The fourth-order valence-corrected chi connectivity index (χ4v) is 7.72. The Hall–Kier alpha value is -2.28. The van der Waals surface area contributed by atoms with Gasteiger partial charge < -0.3 is 52.6 Å². The van der Waals surface area contributed by atoms with Crippen LogP contribution in [-0.4, -0.2) is 53.6 Å². The number of nitrogens with two attached hydrogens (primary N) is 1. The lowest BCUT2D eigenvalue weighted by molar-refractivity contribution is 0.168. The molecule has 0 fully saturated rings. The van der Waals surface area contributed by atoms with Crippen molar-refractivity contribution in [3.8, 4) is 11.5 Å². The van der Waals surface area contributed by atoms with Gasteiger partial charge in [0.2, 0.25) is 0 Å². The van der Waals surface area contributed by atoms with Crippen LogP contribution in [0.1, 0.15) is 119 Å². The average molecular weight is 1260 g/mol. The zero-order chi connectivity index (χ0) is 43.9. The Labute approximate surface area is 396 Å². The molecule has 4 rings (SSSR count). The molecular weight excluding hydrogens is 1210 g/mol. The second kappa shape index (κ2) is 29.1. The minimum atomic E-state index is -0.687. The molecule has 0 radical (unpaired) electrons. The first-order chi connectivity index (χ1) is 27.2. The van der Waals surface area contributed by atoms with Crippen LogP contribution >= 0.6 is 90.4 Å². The highest BCUT2D eigenvalue weighted by molar-refractivity contribution is 14.1. The van der Waals surface area contributed by atoms with Crippen LogP contribution in [0.25, 0.3) is 0 Å². The van der Waals surface area contributed by atoms with Crippen molar-refractivity contribution in [3.63, 3.8) is 0 Å². The summed E-state index contributed by atoms with van der Waals surface area (Å²) in [4.78, 5) is 0. The molecule has 0 spiro atoms.